The Balaban J connectivity index is 1.66. The van der Waals surface area contributed by atoms with Crippen LogP contribution in [0.1, 0.15) is 47.6 Å². The Morgan fingerprint density at radius 2 is 1.94 bits per heavy atom. The van der Waals surface area contributed by atoms with Crippen molar-refractivity contribution in [2.24, 2.45) is 5.92 Å². The number of carbonyl (C=O) groups is 1. The van der Waals surface area contributed by atoms with Gasteiger partial charge in [-0.05, 0) is 44.4 Å². The number of alkyl halides is 5. The first kappa shape index (κ1) is 25.4. The third kappa shape index (κ3) is 4.50. The van der Waals surface area contributed by atoms with Gasteiger partial charge in [-0.2, -0.15) is 22.0 Å². The predicted molar refractivity (Wildman–Crippen MR) is 112 cm³/mol. The summed E-state index contributed by atoms with van der Waals surface area (Å²) in [5.41, 5.74) is -0.530. The van der Waals surface area contributed by atoms with Gasteiger partial charge in [-0.25, -0.2) is 8.42 Å². The molecule has 1 aliphatic carbocycles. The lowest BCUT2D eigenvalue weighted by Crippen LogP contribution is -2.35. The van der Waals surface area contributed by atoms with Crippen molar-refractivity contribution in [3.05, 3.63) is 40.8 Å². The van der Waals surface area contributed by atoms with E-state index in [0.29, 0.717) is 19.0 Å². The summed E-state index contributed by atoms with van der Waals surface area (Å²) in [6.45, 7) is 3.19. The molecule has 0 radical (unpaired) electrons. The second-order valence-corrected chi connectivity index (χ2v) is 11.4. The number of rotatable bonds is 6. The Bertz CT molecular complexity index is 1280. The van der Waals surface area contributed by atoms with Crippen LogP contribution in [0, 0.1) is 12.8 Å². The molecule has 2 heterocycles. The second-order valence-electron chi connectivity index (χ2n) is 9.35. The third-order valence-corrected chi connectivity index (χ3v) is 7.71. The molecule has 0 bridgehead atoms. The van der Waals surface area contributed by atoms with Gasteiger partial charge in [0.15, 0.2) is 15.9 Å². The maximum atomic E-state index is 13.8. The Hall–Kier alpha value is -2.70. The first-order valence-electron chi connectivity index (χ1n) is 10.7. The van der Waals surface area contributed by atoms with Crippen LogP contribution < -0.4 is 4.74 Å². The Kier molecular flexibility index (Phi) is 5.73. The lowest BCUT2D eigenvalue weighted by Gasteiger charge is -2.24. The molecule has 0 N–H and O–H groups in total. The zero-order valence-corrected chi connectivity index (χ0v) is 20.1. The number of ether oxygens (including phenoxy) is 1. The van der Waals surface area contributed by atoms with Crippen LogP contribution in [0.4, 0.5) is 22.0 Å². The van der Waals surface area contributed by atoms with Crippen LogP contribution >= 0.6 is 0 Å². The molecule has 2 aromatic rings. The van der Waals surface area contributed by atoms with Crippen LogP contribution in [0.2, 0.25) is 0 Å². The van der Waals surface area contributed by atoms with Gasteiger partial charge < -0.3 is 14.2 Å². The minimum Gasteiger partial charge on any atom is -0.480 e. The lowest BCUT2D eigenvalue weighted by atomic mass is 9.96. The SMILES string of the molecule is Cc1c(C23CC2CN(C(=O)c2cc(S(C)(=O)=O)ccc2O[C@H](C)C(F)(F)F)C3)noc1C(C)(F)F. The zero-order chi connectivity index (χ0) is 26.1. The number of benzene rings is 1. The molecule has 35 heavy (non-hydrogen) atoms. The van der Waals surface area contributed by atoms with Crippen molar-refractivity contribution in [1.82, 2.24) is 10.1 Å². The highest BCUT2D eigenvalue weighted by Crippen LogP contribution is 2.60. The van der Waals surface area contributed by atoms with Crippen molar-refractivity contribution in [2.45, 2.75) is 55.7 Å². The van der Waals surface area contributed by atoms with E-state index in [1.54, 1.807) is 0 Å². The fourth-order valence-corrected chi connectivity index (χ4v) is 5.30. The molecule has 4 rings (SSSR count). The number of halogens is 5. The average Bonchev–Trinajstić information content (AvgIpc) is 3.05. The number of fused-ring (bicyclic) bond motifs is 1. The molecule has 3 atom stereocenters. The highest BCUT2D eigenvalue weighted by Gasteiger charge is 2.64. The van der Waals surface area contributed by atoms with E-state index in [4.69, 9.17) is 9.26 Å². The van der Waals surface area contributed by atoms with Crippen LogP contribution in [-0.4, -0.2) is 56.0 Å². The summed E-state index contributed by atoms with van der Waals surface area (Å²) in [6.07, 6.45) is -5.47. The van der Waals surface area contributed by atoms with Crippen LogP contribution in [0.3, 0.4) is 0 Å². The molecule has 0 spiro atoms. The van der Waals surface area contributed by atoms with Crippen molar-refractivity contribution < 1.29 is 44.4 Å². The molecule has 2 unspecified atom stereocenters. The third-order valence-electron chi connectivity index (χ3n) is 6.60. The van der Waals surface area contributed by atoms with Crippen LogP contribution in [0.15, 0.2) is 27.6 Å². The molecule has 1 aliphatic heterocycles. The summed E-state index contributed by atoms with van der Waals surface area (Å²) in [5, 5.41) is 3.85. The van der Waals surface area contributed by atoms with Gasteiger partial charge in [-0.3, -0.25) is 4.79 Å². The van der Waals surface area contributed by atoms with Crippen molar-refractivity contribution in [1.29, 1.82) is 0 Å². The number of carbonyl (C=O) groups excluding carboxylic acids is 1. The number of aromatic nitrogens is 1. The maximum absolute atomic E-state index is 13.8. The van der Waals surface area contributed by atoms with Crippen molar-refractivity contribution >= 4 is 15.7 Å². The summed E-state index contributed by atoms with van der Waals surface area (Å²) >= 11 is 0. The van der Waals surface area contributed by atoms with E-state index in [0.717, 1.165) is 31.4 Å². The number of piperidine rings is 1. The summed E-state index contributed by atoms with van der Waals surface area (Å²) in [6, 6.07) is 3.08. The van der Waals surface area contributed by atoms with E-state index in [1.165, 1.54) is 11.8 Å². The topological polar surface area (TPSA) is 89.7 Å². The number of likely N-dealkylation sites (tertiary alicyclic amines) is 1. The minimum absolute atomic E-state index is 0.0654. The van der Waals surface area contributed by atoms with E-state index in [-0.39, 0.29) is 35.0 Å². The van der Waals surface area contributed by atoms with E-state index < -0.39 is 50.9 Å². The monoisotopic (exact) mass is 522 g/mol. The highest BCUT2D eigenvalue weighted by molar-refractivity contribution is 7.90. The van der Waals surface area contributed by atoms with Gasteiger partial charge in [-0.1, -0.05) is 5.16 Å². The van der Waals surface area contributed by atoms with E-state index in [9.17, 15) is 35.2 Å². The molecule has 1 amide bonds. The summed E-state index contributed by atoms with van der Waals surface area (Å²) < 4.78 is 101. The number of nitrogens with zero attached hydrogens (tertiary/aromatic N) is 2. The fourth-order valence-electron chi connectivity index (χ4n) is 4.65. The van der Waals surface area contributed by atoms with Crippen molar-refractivity contribution in [2.75, 3.05) is 19.3 Å². The normalized spacial score (nSPS) is 23.2. The second kappa shape index (κ2) is 7.90. The van der Waals surface area contributed by atoms with E-state index in [1.807, 2.05) is 0 Å². The van der Waals surface area contributed by atoms with Crippen molar-refractivity contribution in [3.8, 4) is 5.75 Å². The number of amides is 1. The number of hydrogen-bond acceptors (Lipinski definition) is 6. The van der Waals surface area contributed by atoms with Crippen molar-refractivity contribution in [3.63, 3.8) is 0 Å². The maximum Gasteiger partial charge on any atom is 0.425 e. The Labute approximate surface area is 198 Å². The van der Waals surface area contributed by atoms with Gasteiger partial charge in [0.25, 0.3) is 5.91 Å². The predicted octanol–water partition coefficient (Wildman–Crippen LogP) is 4.24. The molecular formula is C22H23F5N2O5S. The number of sulfone groups is 1. The molecule has 1 saturated heterocycles. The summed E-state index contributed by atoms with van der Waals surface area (Å²) in [4.78, 5) is 14.5. The fraction of sp³-hybridized carbons (Fsp3) is 0.545. The van der Waals surface area contributed by atoms with Gasteiger partial charge >= 0.3 is 12.1 Å². The highest BCUT2D eigenvalue weighted by atomic mass is 32.2. The minimum atomic E-state index is -4.71. The van der Waals surface area contributed by atoms with Gasteiger partial charge in [-0.15, -0.1) is 0 Å². The van der Waals surface area contributed by atoms with Crippen LogP contribution in [-0.2, 0) is 21.2 Å². The molecule has 1 aromatic heterocycles. The van der Waals surface area contributed by atoms with Gasteiger partial charge in [0.05, 0.1) is 16.2 Å². The van der Waals surface area contributed by atoms with E-state index in [2.05, 4.69) is 5.16 Å². The van der Waals surface area contributed by atoms with E-state index >= 15 is 0 Å². The lowest BCUT2D eigenvalue weighted by molar-refractivity contribution is -0.189. The van der Waals surface area contributed by atoms with Gasteiger partial charge in [0.1, 0.15) is 5.75 Å². The summed E-state index contributed by atoms with van der Waals surface area (Å²) in [7, 11) is -3.77. The van der Waals surface area contributed by atoms with Crippen LogP contribution in [0.5, 0.6) is 5.75 Å². The Morgan fingerprint density at radius 3 is 2.49 bits per heavy atom. The zero-order valence-electron chi connectivity index (χ0n) is 19.2. The molecular weight excluding hydrogens is 499 g/mol. The molecule has 192 valence electrons. The first-order valence-corrected chi connectivity index (χ1v) is 12.6. The standard InChI is InChI=1S/C22H23F5N2O5S/c1-11-17(28-34-18(11)20(3,23)24)21-8-13(21)9-29(10-21)19(30)15-7-14(35(4,31)32)5-6-16(15)33-12(2)22(25,26)27/h5-7,12-13H,8-10H2,1-4H3/t12-,13?,21?/m1/s1. The molecule has 2 aliphatic rings. The molecule has 7 nitrogen and oxygen atoms in total. The summed E-state index contributed by atoms with van der Waals surface area (Å²) in [5.74, 6) is -5.04. The Morgan fingerprint density at radius 1 is 1.29 bits per heavy atom. The molecule has 13 heteroatoms. The largest absolute Gasteiger partial charge is 0.480 e. The number of hydrogen-bond donors (Lipinski definition) is 0. The van der Waals surface area contributed by atoms with Crippen LogP contribution in [0.25, 0.3) is 0 Å². The molecule has 1 aromatic carbocycles. The van der Waals surface area contributed by atoms with Gasteiger partial charge in [0.2, 0.25) is 5.76 Å². The quantitative estimate of drug-likeness (QED) is 0.528. The first-order chi connectivity index (χ1) is 15.9. The smallest absolute Gasteiger partial charge is 0.425 e. The molecule has 1 saturated carbocycles. The molecule has 2 fully saturated rings. The average molecular weight is 522 g/mol. The van der Waals surface area contributed by atoms with Gasteiger partial charge in [0, 0.05) is 37.2 Å².